The molecule has 1 amide bonds. The van der Waals surface area contributed by atoms with Crippen molar-refractivity contribution in [1.82, 2.24) is 10.2 Å². The van der Waals surface area contributed by atoms with Gasteiger partial charge in [-0.15, -0.1) is 11.3 Å². The molecule has 3 saturated heterocycles. The van der Waals surface area contributed by atoms with Gasteiger partial charge in [0.1, 0.15) is 0 Å². The summed E-state index contributed by atoms with van der Waals surface area (Å²) in [5.41, 5.74) is 1.21. The molecule has 5 heteroatoms. The number of carbonyl (C=O) groups is 1. The zero-order valence-electron chi connectivity index (χ0n) is 12.6. The van der Waals surface area contributed by atoms with E-state index in [0.717, 1.165) is 4.88 Å². The number of fused-ring (bicyclic) bond motifs is 3. The Morgan fingerprint density at radius 3 is 2.77 bits per heavy atom. The fourth-order valence-corrected chi connectivity index (χ4v) is 5.42. The van der Waals surface area contributed by atoms with E-state index in [1.54, 1.807) is 22.7 Å². The van der Waals surface area contributed by atoms with Crippen molar-refractivity contribution in [3.05, 3.63) is 33.8 Å². The molecule has 0 aromatic carbocycles. The molecule has 2 atom stereocenters. The Balaban J connectivity index is 1.48. The van der Waals surface area contributed by atoms with Crippen LogP contribution in [0.2, 0.25) is 0 Å². The Kier molecular flexibility index (Phi) is 3.80. The summed E-state index contributed by atoms with van der Waals surface area (Å²) in [7, 11) is 0. The normalized spacial score (nSPS) is 30.4. The van der Waals surface area contributed by atoms with E-state index in [-0.39, 0.29) is 5.91 Å². The highest BCUT2D eigenvalue weighted by atomic mass is 32.1. The number of hydrogen-bond donors (Lipinski definition) is 1. The summed E-state index contributed by atoms with van der Waals surface area (Å²) in [5, 5.41) is 7.51. The van der Waals surface area contributed by atoms with Crippen LogP contribution >= 0.6 is 22.7 Å². The Labute approximate surface area is 139 Å². The molecular weight excluding hydrogens is 312 g/mol. The van der Waals surface area contributed by atoms with Crippen LogP contribution in [0.5, 0.6) is 0 Å². The summed E-state index contributed by atoms with van der Waals surface area (Å²) in [6.07, 6.45) is 2.44. The van der Waals surface area contributed by atoms with Crippen LogP contribution in [-0.4, -0.2) is 36.0 Å². The molecule has 3 aliphatic rings. The molecule has 0 saturated carbocycles. The minimum Gasteiger partial charge on any atom is -0.347 e. The van der Waals surface area contributed by atoms with E-state index in [9.17, 15) is 4.79 Å². The minimum absolute atomic E-state index is 0.0945. The zero-order chi connectivity index (χ0) is 15.1. The smallest absolute Gasteiger partial charge is 0.261 e. The van der Waals surface area contributed by atoms with Gasteiger partial charge in [0.15, 0.2) is 0 Å². The second kappa shape index (κ2) is 5.80. The van der Waals surface area contributed by atoms with Gasteiger partial charge in [-0.3, -0.25) is 9.69 Å². The first-order valence-corrected chi connectivity index (χ1v) is 9.65. The minimum atomic E-state index is 0.0945. The number of piperidine rings is 3. The largest absolute Gasteiger partial charge is 0.347 e. The third-order valence-electron chi connectivity index (χ3n) is 5.11. The molecule has 2 unspecified atom stereocenters. The van der Waals surface area contributed by atoms with Crippen molar-refractivity contribution >= 4 is 28.6 Å². The van der Waals surface area contributed by atoms with E-state index in [1.807, 2.05) is 6.07 Å². The van der Waals surface area contributed by atoms with Crippen LogP contribution < -0.4 is 5.32 Å². The SMILES string of the molecule is CC1C(NC(=O)c2ccc(-c3ccsc3)s2)C2CCN1CC2. The molecule has 1 N–H and O–H groups in total. The number of amides is 1. The maximum absolute atomic E-state index is 12.6. The molecule has 3 aliphatic heterocycles. The van der Waals surface area contributed by atoms with E-state index in [4.69, 9.17) is 0 Å². The van der Waals surface area contributed by atoms with Crippen molar-refractivity contribution in [1.29, 1.82) is 0 Å². The molecular formula is C17H20N2OS2. The maximum Gasteiger partial charge on any atom is 0.261 e. The predicted octanol–water partition coefficient (Wildman–Crippen LogP) is 3.69. The molecule has 3 fully saturated rings. The van der Waals surface area contributed by atoms with Crippen LogP contribution in [0.25, 0.3) is 10.4 Å². The van der Waals surface area contributed by atoms with E-state index >= 15 is 0 Å². The van der Waals surface area contributed by atoms with Gasteiger partial charge in [-0.2, -0.15) is 11.3 Å². The number of thiophene rings is 2. The highest BCUT2D eigenvalue weighted by Gasteiger charge is 2.40. The first-order valence-electron chi connectivity index (χ1n) is 7.89. The quantitative estimate of drug-likeness (QED) is 0.930. The van der Waals surface area contributed by atoms with Gasteiger partial charge in [-0.25, -0.2) is 0 Å². The fraction of sp³-hybridized carbons (Fsp3) is 0.471. The van der Waals surface area contributed by atoms with Gasteiger partial charge in [0.25, 0.3) is 5.91 Å². The molecule has 0 spiro atoms. The molecule has 22 heavy (non-hydrogen) atoms. The Bertz CT molecular complexity index is 654. The number of carbonyl (C=O) groups excluding carboxylic acids is 1. The summed E-state index contributed by atoms with van der Waals surface area (Å²) >= 11 is 3.28. The fourth-order valence-electron chi connectivity index (χ4n) is 3.79. The van der Waals surface area contributed by atoms with Gasteiger partial charge < -0.3 is 5.32 Å². The lowest BCUT2D eigenvalue weighted by Gasteiger charge is -2.49. The molecule has 0 radical (unpaired) electrons. The second-order valence-electron chi connectivity index (χ2n) is 6.29. The first-order chi connectivity index (χ1) is 10.7. The van der Waals surface area contributed by atoms with Crippen molar-refractivity contribution in [3.8, 4) is 10.4 Å². The van der Waals surface area contributed by atoms with E-state index < -0.39 is 0 Å². The lowest BCUT2D eigenvalue weighted by atomic mass is 9.79. The third kappa shape index (κ3) is 2.51. The van der Waals surface area contributed by atoms with Crippen molar-refractivity contribution in [2.24, 2.45) is 5.92 Å². The van der Waals surface area contributed by atoms with Gasteiger partial charge in [0.05, 0.1) is 4.88 Å². The molecule has 5 rings (SSSR count). The van der Waals surface area contributed by atoms with Crippen molar-refractivity contribution in [2.75, 3.05) is 13.1 Å². The van der Waals surface area contributed by atoms with Crippen molar-refractivity contribution in [2.45, 2.75) is 31.8 Å². The summed E-state index contributed by atoms with van der Waals surface area (Å²) in [6, 6.07) is 6.89. The highest BCUT2D eigenvalue weighted by Crippen LogP contribution is 2.33. The number of nitrogens with zero attached hydrogens (tertiary/aromatic N) is 1. The summed E-state index contributed by atoms with van der Waals surface area (Å²) in [6.45, 7) is 4.64. The topological polar surface area (TPSA) is 32.3 Å². The van der Waals surface area contributed by atoms with Crippen LogP contribution in [0, 0.1) is 5.92 Å². The van der Waals surface area contributed by atoms with Gasteiger partial charge in [0, 0.05) is 22.5 Å². The summed E-state index contributed by atoms with van der Waals surface area (Å²) < 4.78 is 0. The monoisotopic (exact) mass is 332 g/mol. The van der Waals surface area contributed by atoms with Crippen LogP contribution in [0.3, 0.4) is 0 Å². The average Bonchev–Trinajstić information content (AvgIpc) is 3.21. The van der Waals surface area contributed by atoms with Crippen LogP contribution in [0.15, 0.2) is 29.0 Å². The molecule has 3 nitrogen and oxygen atoms in total. The summed E-state index contributed by atoms with van der Waals surface area (Å²) in [5.74, 6) is 0.748. The molecule has 116 valence electrons. The third-order valence-corrected chi connectivity index (χ3v) is 6.93. The second-order valence-corrected chi connectivity index (χ2v) is 8.15. The average molecular weight is 332 g/mol. The number of hydrogen-bond acceptors (Lipinski definition) is 4. The Morgan fingerprint density at radius 1 is 1.27 bits per heavy atom. The Hall–Kier alpha value is -1.17. The highest BCUT2D eigenvalue weighted by molar-refractivity contribution is 7.17. The molecule has 0 aliphatic carbocycles. The van der Waals surface area contributed by atoms with E-state index in [2.05, 4.69) is 40.0 Å². The molecule has 2 aromatic heterocycles. The number of nitrogens with one attached hydrogen (secondary N) is 1. The lowest BCUT2D eigenvalue weighted by Crippen LogP contribution is -2.62. The van der Waals surface area contributed by atoms with Gasteiger partial charge >= 0.3 is 0 Å². The van der Waals surface area contributed by atoms with Crippen LogP contribution in [-0.2, 0) is 0 Å². The van der Waals surface area contributed by atoms with Crippen LogP contribution in [0.1, 0.15) is 29.4 Å². The standard InChI is InChI=1S/C17H20N2OS2/c1-11-16(12-4-7-19(11)8-5-12)18-17(20)15-3-2-14(22-15)13-6-9-21-10-13/h2-3,6,9-12,16H,4-5,7-8H2,1H3,(H,18,20). The van der Waals surface area contributed by atoms with Gasteiger partial charge in [-0.05, 0) is 67.7 Å². The number of rotatable bonds is 3. The predicted molar refractivity (Wildman–Crippen MR) is 92.6 cm³/mol. The van der Waals surface area contributed by atoms with E-state index in [0.29, 0.717) is 18.0 Å². The van der Waals surface area contributed by atoms with Crippen molar-refractivity contribution < 1.29 is 4.79 Å². The molecule has 2 bridgehead atoms. The molecule has 2 aromatic rings. The van der Waals surface area contributed by atoms with Gasteiger partial charge in [0.2, 0.25) is 0 Å². The summed E-state index contributed by atoms with van der Waals surface area (Å²) in [4.78, 5) is 17.1. The van der Waals surface area contributed by atoms with Crippen molar-refractivity contribution in [3.63, 3.8) is 0 Å². The first kappa shape index (κ1) is 14.4. The zero-order valence-corrected chi connectivity index (χ0v) is 14.3. The van der Waals surface area contributed by atoms with E-state index in [1.165, 1.54) is 36.4 Å². The van der Waals surface area contributed by atoms with Gasteiger partial charge in [-0.1, -0.05) is 0 Å². The lowest BCUT2D eigenvalue weighted by molar-refractivity contribution is 0.0218. The Morgan fingerprint density at radius 2 is 2.09 bits per heavy atom. The van der Waals surface area contributed by atoms with Crippen LogP contribution in [0.4, 0.5) is 0 Å². The molecule has 5 heterocycles. The maximum atomic E-state index is 12.6.